The van der Waals surface area contributed by atoms with Crippen LogP contribution in [0.4, 0.5) is 0 Å². The molecule has 1 rings (SSSR count). The van der Waals surface area contributed by atoms with Gasteiger partial charge in [-0.25, -0.2) is 4.98 Å². The Labute approximate surface area is 84.4 Å². The highest BCUT2D eigenvalue weighted by Crippen LogP contribution is 2.10. The molecule has 1 heterocycles. The first kappa shape index (κ1) is 10.7. The lowest BCUT2D eigenvalue weighted by atomic mass is 10.1. The van der Waals surface area contributed by atoms with Gasteiger partial charge in [0, 0.05) is 24.0 Å². The van der Waals surface area contributed by atoms with Crippen LogP contribution in [0.5, 0.6) is 0 Å². The summed E-state index contributed by atoms with van der Waals surface area (Å²) in [7, 11) is 0. The molecule has 0 saturated heterocycles. The van der Waals surface area contributed by atoms with Gasteiger partial charge in [-0.05, 0) is 12.5 Å². The maximum absolute atomic E-state index is 4.27. The zero-order valence-electron chi connectivity index (χ0n) is 8.58. The summed E-state index contributed by atoms with van der Waals surface area (Å²) < 4.78 is 0. The highest BCUT2D eigenvalue weighted by molar-refractivity contribution is 7.09. The molecule has 0 aliphatic heterocycles. The number of nitrogens with one attached hydrogen (secondary N) is 1. The molecule has 1 N–H and O–H groups in total. The van der Waals surface area contributed by atoms with Crippen molar-refractivity contribution < 1.29 is 0 Å². The molecular weight excluding hydrogens is 180 g/mol. The lowest BCUT2D eigenvalue weighted by Crippen LogP contribution is -2.28. The second kappa shape index (κ2) is 5.35. The molecule has 2 nitrogen and oxygen atoms in total. The predicted octanol–water partition coefficient (Wildman–Crippen LogP) is 2.32. The number of hydrogen-bond donors (Lipinski definition) is 1. The summed E-state index contributed by atoms with van der Waals surface area (Å²) in [5.74, 6) is 0.675. The van der Waals surface area contributed by atoms with Gasteiger partial charge in [-0.2, -0.15) is 0 Å². The van der Waals surface area contributed by atoms with Crippen molar-refractivity contribution >= 4 is 11.3 Å². The smallest absolute Gasteiger partial charge is 0.0927 e. The molecule has 1 unspecified atom stereocenters. The average molecular weight is 198 g/mol. The van der Waals surface area contributed by atoms with Gasteiger partial charge in [0.25, 0.3) is 0 Å². The second-order valence-electron chi connectivity index (χ2n) is 3.80. The fraction of sp³-hybridized carbons (Fsp3) is 0.700. The minimum atomic E-state index is 0.582. The highest BCUT2D eigenvalue weighted by atomic mass is 32.1. The topological polar surface area (TPSA) is 24.9 Å². The molecule has 13 heavy (non-hydrogen) atoms. The average Bonchev–Trinajstić information content (AvgIpc) is 2.53. The Morgan fingerprint density at radius 2 is 2.23 bits per heavy atom. The molecule has 1 atom stereocenters. The van der Waals surface area contributed by atoms with Crippen LogP contribution in [0.1, 0.15) is 25.8 Å². The molecule has 0 aromatic carbocycles. The van der Waals surface area contributed by atoms with E-state index >= 15 is 0 Å². The van der Waals surface area contributed by atoms with Crippen LogP contribution in [0.15, 0.2) is 11.6 Å². The van der Waals surface area contributed by atoms with Crippen LogP contribution in [0.25, 0.3) is 0 Å². The van der Waals surface area contributed by atoms with E-state index in [1.165, 1.54) is 5.01 Å². The summed E-state index contributed by atoms with van der Waals surface area (Å²) in [6.45, 7) is 7.69. The molecule has 3 heteroatoms. The first-order chi connectivity index (χ1) is 6.18. The molecule has 0 spiro atoms. The SMILES string of the molecule is CC(CNC(C)C)Cc1nccs1. The van der Waals surface area contributed by atoms with Crippen LogP contribution in [0.2, 0.25) is 0 Å². The van der Waals surface area contributed by atoms with Crippen molar-refractivity contribution in [1.82, 2.24) is 10.3 Å². The van der Waals surface area contributed by atoms with E-state index < -0.39 is 0 Å². The molecule has 1 aromatic rings. The number of rotatable bonds is 5. The number of thiazole rings is 1. The van der Waals surface area contributed by atoms with E-state index in [0.717, 1.165) is 13.0 Å². The molecule has 0 aliphatic carbocycles. The zero-order valence-corrected chi connectivity index (χ0v) is 9.40. The Hall–Kier alpha value is -0.410. The number of nitrogens with zero attached hydrogens (tertiary/aromatic N) is 1. The third-order valence-corrected chi connectivity index (χ3v) is 2.68. The second-order valence-corrected chi connectivity index (χ2v) is 4.78. The summed E-state index contributed by atoms with van der Waals surface area (Å²) in [5, 5.41) is 6.72. The van der Waals surface area contributed by atoms with Gasteiger partial charge in [0.15, 0.2) is 0 Å². The molecule has 0 aliphatic rings. The van der Waals surface area contributed by atoms with Gasteiger partial charge in [-0.3, -0.25) is 0 Å². The summed E-state index contributed by atoms with van der Waals surface area (Å²) in [4.78, 5) is 4.27. The van der Waals surface area contributed by atoms with Crippen LogP contribution in [-0.4, -0.2) is 17.6 Å². The monoisotopic (exact) mass is 198 g/mol. The van der Waals surface area contributed by atoms with Crippen LogP contribution < -0.4 is 5.32 Å². The molecular formula is C10H18N2S. The van der Waals surface area contributed by atoms with Crippen LogP contribution >= 0.6 is 11.3 Å². The molecule has 0 radical (unpaired) electrons. The van der Waals surface area contributed by atoms with Gasteiger partial charge in [-0.15, -0.1) is 11.3 Å². The van der Waals surface area contributed by atoms with Gasteiger partial charge < -0.3 is 5.32 Å². The van der Waals surface area contributed by atoms with Crippen LogP contribution in [0.3, 0.4) is 0 Å². The van der Waals surface area contributed by atoms with E-state index in [-0.39, 0.29) is 0 Å². The third kappa shape index (κ3) is 4.39. The summed E-state index contributed by atoms with van der Waals surface area (Å²) >= 11 is 1.75. The van der Waals surface area contributed by atoms with E-state index in [1.54, 1.807) is 11.3 Å². The number of aromatic nitrogens is 1. The van der Waals surface area contributed by atoms with Crippen molar-refractivity contribution in [2.75, 3.05) is 6.54 Å². The minimum absolute atomic E-state index is 0.582. The fourth-order valence-corrected chi connectivity index (χ4v) is 1.94. The zero-order chi connectivity index (χ0) is 9.68. The summed E-state index contributed by atoms with van der Waals surface area (Å²) in [6.07, 6.45) is 2.97. The van der Waals surface area contributed by atoms with Gasteiger partial charge in [0.05, 0.1) is 5.01 Å². The van der Waals surface area contributed by atoms with Crippen molar-refractivity contribution in [3.05, 3.63) is 16.6 Å². The molecule has 0 fully saturated rings. The standard InChI is InChI=1S/C10H18N2S/c1-8(2)12-7-9(3)6-10-11-4-5-13-10/h4-5,8-9,12H,6-7H2,1-3H3. The van der Waals surface area contributed by atoms with Gasteiger partial charge in [-0.1, -0.05) is 20.8 Å². The Morgan fingerprint density at radius 1 is 1.46 bits per heavy atom. The molecule has 0 amide bonds. The molecule has 74 valence electrons. The highest BCUT2D eigenvalue weighted by Gasteiger charge is 2.05. The summed E-state index contributed by atoms with van der Waals surface area (Å²) in [6, 6.07) is 0.582. The normalized spacial score (nSPS) is 13.5. The Kier molecular flexibility index (Phi) is 4.39. The number of hydrogen-bond acceptors (Lipinski definition) is 3. The van der Waals surface area contributed by atoms with E-state index in [2.05, 4.69) is 31.1 Å². The first-order valence-electron chi connectivity index (χ1n) is 4.80. The van der Waals surface area contributed by atoms with E-state index in [9.17, 15) is 0 Å². The van der Waals surface area contributed by atoms with E-state index in [1.807, 2.05) is 11.6 Å². The maximum Gasteiger partial charge on any atom is 0.0927 e. The Bertz CT molecular complexity index is 219. The lowest BCUT2D eigenvalue weighted by molar-refractivity contribution is 0.475. The Balaban J connectivity index is 2.22. The van der Waals surface area contributed by atoms with Crippen molar-refractivity contribution in [3.8, 4) is 0 Å². The van der Waals surface area contributed by atoms with Crippen LogP contribution in [0, 0.1) is 5.92 Å². The summed E-state index contributed by atoms with van der Waals surface area (Å²) in [5.41, 5.74) is 0. The van der Waals surface area contributed by atoms with Crippen molar-refractivity contribution in [1.29, 1.82) is 0 Å². The van der Waals surface area contributed by atoms with E-state index in [0.29, 0.717) is 12.0 Å². The Morgan fingerprint density at radius 3 is 2.77 bits per heavy atom. The molecule has 0 saturated carbocycles. The van der Waals surface area contributed by atoms with Crippen molar-refractivity contribution in [2.45, 2.75) is 33.2 Å². The van der Waals surface area contributed by atoms with Crippen molar-refractivity contribution in [2.24, 2.45) is 5.92 Å². The predicted molar refractivity (Wildman–Crippen MR) is 58.1 cm³/mol. The largest absolute Gasteiger partial charge is 0.314 e. The van der Waals surface area contributed by atoms with Gasteiger partial charge >= 0.3 is 0 Å². The van der Waals surface area contributed by atoms with Crippen molar-refractivity contribution in [3.63, 3.8) is 0 Å². The van der Waals surface area contributed by atoms with Gasteiger partial charge in [0.2, 0.25) is 0 Å². The third-order valence-electron chi connectivity index (χ3n) is 1.88. The molecule has 0 bridgehead atoms. The molecule has 1 aromatic heterocycles. The lowest BCUT2D eigenvalue weighted by Gasteiger charge is -2.13. The fourth-order valence-electron chi connectivity index (χ4n) is 1.16. The van der Waals surface area contributed by atoms with E-state index in [4.69, 9.17) is 0 Å². The first-order valence-corrected chi connectivity index (χ1v) is 5.68. The van der Waals surface area contributed by atoms with Crippen LogP contribution in [-0.2, 0) is 6.42 Å². The maximum atomic E-state index is 4.27. The van der Waals surface area contributed by atoms with Gasteiger partial charge in [0.1, 0.15) is 0 Å². The minimum Gasteiger partial charge on any atom is -0.314 e. The quantitative estimate of drug-likeness (QED) is 0.785.